The molecule has 19 heavy (non-hydrogen) atoms. The van der Waals surface area contributed by atoms with Crippen LogP contribution in [0.2, 0.25) is 0 Å². The highest BCUT2D eigenvalue weighted by Crippen LogP contribution is 2.21. The van der Waals surface area contributed by atoms with Gasteiger partial charge in [-0.1, -0.05) is 46.3 Å². The van der Waals surface area contributed by atoms with Crippen LogP contribution in [0.5, 0.6) is 0 Å². The molecule has 1 heterocycles. The van der Waals surface area contributed by atoms with Crippen LogP contribution in [0.15, 0.2) is 30.3 Å². The van der Waals surface area contributed by atoms with Crippen molar-refractivity contribution in [2.45, 2.75) is 32.0 Å². The van der Waals surface area contributed by atoms with E-state index < -0.39 is 0 Å². The summed E-state index contributed by atoms with van der Waals surface area (Å²) >= 11 is 3.43. The van der Waals surface area contributed by atoms with Gasteiger partial charge in [0.15, 0.2) is 0 Å². The molecule has 3 unspecified atom stereocenters. The summed E-state index contributed by atoms with van der Waals surface area (Å²) in [6.45, 7) is 5.34. The molecule has 3 atom stereocenters. The van der Waals surface area contributed by atoms with Crippen LogP contribution in [0, 0.1) is 0 Å². The first-order chi connectivity index (χ1) is 9.11. The highest BCUT2D eigenvalue weighted by Gasteiger charge is 2.30. The van der Waals surface area contributed by atoms with E-state index in [1.54, 1.807) is 0 Å². The molecule has 4 heteroatoms. The van der Waals surface area contributed by atoms with E-state index in [0.717, 1.165) is 10.9 Å². The Labute approximate surface area is 123 Å². The lowest BCUT2D eigenvalue weighted by Gasteiger charge is -2.37. The van der Waals surface area contributed by atoms with Gasteiger partial charge in [0, 0.05) is 18.4 Å². The molecule has 0 N–H and O–H groups in total. The SMILES string of the molecule is CC1CN(C(=O)C(C)c2ccccc2)CC(CBr)O1. The van der Waals surface area contributed by atoms with Gasteiger partial charge in [0.25, 0.3) is 0 Å². The number of morpholine rings is 1. The second kappa shape index (κ2) is 6.53. The number of hydrogen-bond donors (Lipinski definition) is 0. The van der Waals surface area contributed by atoms with E-state index in [2.05, 4.69) is 15.9 Å². The van der Waals surface area contributed by atoms with Crippen LogP contribution in [0.1, 0.15) is 25.3 Å². The first-order valence-corrected chi connectivity index (χ1v) is 7.79. The van der Waals surface area contributed by atoms with Crippen LogP contribution in [0.4, 0.5) is 0 Å². The number of ether oxygens (including phenoxy) is 1. The molecule has 0 bridgehead atoms. The predicted molar refractivity (Wildman–Crippen MR) is 79.6 cm³/mol. The number of benzene rings is 1. The summed E-state index contributed by atoms with van der Waals surface area (Å²) in [7, 11) is 0. The Morgan fingerprint density at radius 2 is 2.11 bits per heavy atom. The van der Waals surface area contributed by atoms with Gasteiger partial charge in [0.1, 0.15) is 0 Å². The first kappa shape index (κ1) is 14.5. The van der Waals surface area contributed by atoms with Crippen molar-refractivity contribution < 1.29 is 9.53 Å². The van der Waals surface area contributed by atoms with Crippen LogP contribution in [0.3, 0.4) is 0 Å². The molecule has 2 rings (SSSR count). The van der Waals surface area contributed by atoms with Crippen molar-refractivity contribution in [1.82, 2.24) is 4.90 Å². The number of carbonyl (C=O) groups is 1. The zero-order chi connectivity index (χ0) is 13.8. The van der Waals surface area contributed by atoms with Crippen LogP contribution < -0.4 is 0 Å². The smallest absolute Gasteiger partial charge is 0.230 e. The van der Waals surface area contributed by atoms with Gasteiger partial charge < -0.3 is 9.64 Å². The van der Waals surface area contributed by atoms with Gasteiger partial charge in [-0.05, 0) is 19.4 Å². The Morgan fingerprint density at radius 1 is 1.42 bits per heavy atom. The van der Waals surface area contributed by atoms with Crippen LogP contribution >= 0.6 is 15.9 Å². The zero-order valence-electron chi connectivity index (χ0n) is 11.4. The molecule has 0 aromatic heterocycles. The fourth-order valence-corrected chi connectivity index (χ4v) is 2.83. The first-order valence-electron chi connectivity index (χ1n) is 6.67. The molecule has 0 spiro atoms. The molecule has 1 amide bonds. The van der Waals surface area contributed by atoms with Crippen molar-refractivity contribution in [3.63, 3.8) is 0 Å². The summed E-state index contributed by atoms with van der Waals surface area (Å²) in [5.41, 5.74) is 1.07. The standard InChI is InChI=1S/C15H20BrNO2/c1-11-9-17(10-14(8-16)19-11)15(18)12(2)13-6-4-3-5-7-13/h3-7,11-12,14H,8-10H2,1-2H3. The molecule has 104 valence electrons. The summed E-state index contributed by atoms with van der Waals surface area (Å²) in [5, 5.41) is 0.765. The molecule has 0 aliphatic carbocycles. The van der Waals surface area contributed by atoms with Crippen molar-refractivity contribution in [2.75, 3.05) is 18.4 Å². The van der Waals surface area contributed by atoms with Crippen molar-refractivity contribution in [1.29, 1.82) is 0 Å². The summed E-state index contributed by atoms with van der Waals surface area (Å²) < 4.78 is 5.76. The number of halogens is 1. The predicted octanol–water partition coefficient (Wildman–Crippen LogP) is 2.80. The number of alkyl halides is 1. The fourth-order valence-electron chi connectivity index (χ4n) is 2.47. The third kappa shape index (κ3) is 3.57. The van der Waals surface area contributed by atoms with Crippen molar-refractivity contribution >= 4 is 21.8 Å². The number of carbonyl (C=O) groups excluding carboxylic acids is 1. The Bertz CT molecular complexity index is 423. The third-order valence-electron chi connectivity index (χ3n) is 3.48. The highest BCUT2D eigenvalue weighted by molar-refractivity contribution is 9.09. The quantitative estimate of drug-likeness (QED) is 0.800. The molecule has 1 aliphatic heterocycles. The van der Waals surface area contributed by atoms with Gasteiger partial charge in [-0.25, -0.2) is 0 Å². The fraction of sp³-hybridized carbons (Fsp3) is 0.533. The molecule has 0 saturated carbocycles. The molecular weight excluding hydrogens is 306 g/mol. The van der Waals surface area contributed by atoms with E-state index in [4.69, 9.17) is 4.74 Å². The van der Waals surface area contributed by atoms with E-state index in [1.807, 2.05) is 49.1 Å². The van der Waals surface area contributed by atoms with E-state index >= 15 is 0 Å². The van der Waals surface area contributed by atoms with Crippen molar-refractivity contribution in [3.05, 3.63) is 35.9 Å². The third-order valence-corrected chi connectivity index (χ3v) is 4.20. The maximum absolute atomic E-state index is 12.6. The summed E-state index contributed by atoms with van der Waals surface area (Å²) in [5.74, 6) is 0.0924. The molecule has 1 saturated heterocycles. The van der Waals surface area contributed by atoms with E-state index in [0.29, 0.717) is 13.1 Å². The minimum absolute atomic E-state index is 0.0932. The van der Waals surface area contributed by atoms with Gasteiger partial charge in [-0.15, -0.1) is 0 Å². The molecule has 1 aromatic carbocycles. The van der Waals surface area contributed by atoms with Crippen molar-refractivity contribution in [3.8, 4) is 0 Å². The number of amides is 1. The summed E-state index contributed by atoms with van der Waals surface area (Å²) in [6.07, 6.45) is 0.193. The normalized spacial score (nSPS) is 25.1. The second-order valence-electron chi connectivity index (χ2n) is 5.10. The lowest BCUT2D eigenvalue weighted by Crippen LogP contribution is -2.50. The minimum atomic E-state index is -0.0949. The molecule has 1 fully saturated rings. The highest BCUT2D eigenvalue weighted by atomic mass is 79.9. The Morgan fingerprint density at radius 3 is 2.74 bits per heavy atom. The molecule has 0 radical (unpaired) electrons. The molecule has 1 aromatic rings. The average molecular weight is 326 g/mol. The minimum Gasteiger partial charge on any atom is -0.371 e. The lowest BCUT2D eigenvalue weighted by molar-refractivity contribution is -0.144. The zero-order valence-corrected chi connectivity index (χ0v) is 13.0. The largest absolute Gasteiger partial charge is 0.371 e. The second-order valence-corrected chi connectivity index (χ2v) is 5.75. The Balaban J connectivity index is 2.06. The number of nitrogens with zero attached hydrogens (tertiary/aromatic N) is 1. The van der Waals surface area contributed by atoms with E-state index in [-0.39, 0.29) is 24.0 Å². The summed E-state index contributed by atoms with van der Waals surface area (Å²) in [6, 6.07) is 9.94. The van der Waals surface area contributed by atoms with Gasteiger partial charge in [-0.2, -0.15) is 0 Å². The number of rotatable bonds is 3. The van der Waals surface area contributed by atoms with E-state index in [9.17, 15) is 4.79 Å². The van der Waals surface area contributed by atoms with E-state index in [1.165, 1.54) is 0 Å². The van der Waals surface area contributed by atoms with Gasteiger partial charge in [0.05, 0.1) is 18.1 Å². The summed E-state index contributed by atoms with van der Waals surface area (Å²) in [4.78, 5) is 14.5. The average Bonchev–Trinajstić information content (AvgIpc) is 2.46. The van der Waals surface area contributed by atoms with Crippen LogP contribution in [-0.4, -0.2) is 41.4 Å². The van der Waals surface area contributed by atoms with Gasteiger partial charge in [0.2, 0.25) is 5.91 Å². The van der Waals surface area contributed by atoms with Crippen LogP contribution in [0.25, 0.3) is 0 Å². The monoisotopic (exact) mass is 325 g/mol. The maximum Gasteiger partial charge on any atom is 0.230 e. The van der Waals surface area contributed by atoms with Crippen molar-refractivity contribution in [2.24, 2.45) is 0 Å². The Kier molecular flexibility index (Phi) is 4.99. The Hall–Kier alpha value is -0.870. The maximum atomic E-state index is 12.6. The molecule has 3 nitrogen and oxygen atoms in total. The lowest BCUT2D eigenvalue weighted by atomic mass is 9.99. The van der Waals surface area contributed by atoms with Gasteiger partial charge >= 0.3 is 0 Å². The molecule has 1 aliphatic rings. The van der Waals surface area contributed by atoms with Gasteiger partial charge in [-0.3, -0.25) is 4.79 Å². The molecular formula is C15H20BrNO2. The topological polar surface area (TPSA) is 29.5 Å². The number of hydrogen-bond acceptors (Lipinski definition) is 2. The van der Waals surface area contributed by atoms with Crippen LogP contribution in [-0.2, 0) is 9.53 Å².